The highest BCUT2D eigenvalue weighted by atomic mass is 15.3. The number of anilines is 1. The SMILES string of the molecule is Cc1ccc(N/N=C\C=N)c(C)n1. The Bertz CT molecular complexity index is 330. The van der Waals surface area contributed by atoms with Crippen molar-refractivity contribution in [2.45, 2.75) is 13.8 Å². The Kier molecular flexibility index (Phi) is 3.14. The van der Waals surface area contributed by atoms with Gasteiger partial charge in [-0.1, -0.05) is 0 Å². The molecule has 0 aromatic carbocycles. The Morgan fingerprint density at radius 3 is 2.85 bits per heavy atom. The van der Waals surface area contributed by atoms with Gasteiger partial charge in [-0.05, 0) is 26.0 Å². The fraction of sp³-hybridized carbons (Fsp3) is 0.222. The summed E-state index contributed by atoms with van der Waals surface area (Å²) in [5, 5.41) is 10.5. The molecular formula is C9H12N4. The molecule has 13 heavy (non-hydrogen) atoms. The predicted molar refractivity (Wildman–Crippen MR) is 54.6 cm³/mol. The highest BCUT2D eigenvalue weighted by molar-refractivity contribution is 6.14. The van der Waals surface area contributed by atoms with E-state index < -0.39 is 0 Å². The normalized spacial score (nSPS) is 10.3. The van der Waals surface area contributed by atoms with Gasteiger partial charge >= 0.3 is 0 Å². The van der Waals surface area contributed by atoms with Crippen molar-refractivity contribution in [3.8, 4) is 0 Å². The molecule has 1 aromatic heterocycles. The zero-order chi connectivity index (χ0) is 9.68. The number of hydrogen-bond acceptors (Lipinski definition) is 4. The maximum Gasteiger partial charge on any atom is 0.0774 e. The number of nitrogens with zero attached hydrogens (tertiary/aromatic N) is 2. The minimum absolute atomic E-state index is 0.865. The van der Waals surface area contributed by atoms with E-state index in [0.29, 0.717) is 0 Å². The maximum atomic E-state index is 6.73. The molecule has 1 rings (SSSR count). The van der Waals surface area contributed by atoms with Crippen LogP contribution < -0.4 is 5.43 Å². The lowest BCUT2D eigenvalue weighted by atomic mass is 10.3. The van der Waals surface area contributed by atoms with Gasteiger partial charge in [0.05, 0.1) is 17.6 Å². The maximum absolute atomic E-state index is 6.73. The van der Waals surface area contributed by atoms with Gasteiger partial charge < -0.3 is 5.41 Å². The average molecular weight is 176 g/mol. The highest BCUT2D eigenvalue weighted by Crippen LogP contribution is 2.11. The van der Waals surface area contributed by atoms with E-state index in [2.05, 4.69) is 15.5 Å². The molecule has 0 aliphatic carbocycles. The summed E-state index contributed by atoms with van der Waals surface area (Å²) in [4.78, 5) is 4.26. The number of rotatable bonds is 3. The number of aromatic nitrogens is 1. The minimum Gasteiger partial charge on any atom is -0.307 e. The fourth-order valence-corrected chi connectivity index (χ4v) is 0.949. The van der Waals surface area contributed by atoms with Crippen LogP contribution in [0.25, 0.3) is 0 Å². The van der Waals surface area contributed by atoms with Crippen LogP contribution in [0.2, 0.25) is 0 Å². The van der Waals surface area contributed by atoms with Crippen LogP contribution in [0, 0.1) is 19.3 Å². The molecular weight excluding hydrogens is 164 g/mol. The summed E-state index contributed by atoms with van der Waals surface area (Å²) in [7, 11) is 0. The molecule has 4 nitrogen and oxygen atoms in total. The molecule has 0 bridgehead atoms. The summed E-state index contributed by atoms with van der Waals surface area (Å²) < 4.78 is 0. The van der Waals surface area contributed by atoms with E-state index in [1.54, 1.807) is 0 Å². The molecule has 0 spiro atoms. The third-order valence-corrected chi connectivity index (χ3v) is 1.56. The van der Waals surface area contributed by atoms with E-state index in [1.807, 2.05) is 26.0 Å². The number of hydrogen-bond donors (Lipinski definition) is 2. The van der Waals surface area contributed by atoms with Crippen molar-refractivity contribution in [1.82, 2.24) is 4.98 Å². The lowest BCUT2D eigenvalue weighted by molar-refractivity contribution is 1.11. The van der Waals surface area contributed by atoms with Gasteiger partial charge in [-0.25, -0.2) is 0 Å². The van der Waals surface area contributed by atoms with E-state index in [0.717, 1.165) is 23.3 Å². The number of aryl methyl sites for hydroxylation is 2. The van der Waals surface area contributed by atoms with Crippen molar-refractivity contribution >= 4 is 18.1 Å². The van der Waals surface area contributed by atoms with Gasteiger partial charge in [0.1, 0.15) is 0 Å². The molecule has 0 atom stereocenters. The minimum atomic E-state index is 0.865. The molecule has 0 aliphatic heterocycles. The zero-order valence-corrected chi connectivity index (χ0v) is 7.70. The second-order valence-corrected chi connectivity index (χ2v) is 2.64. The van der Waals surface area contributed by atoms with Gasteiger partial charge in [-0.2, -0.15) is 5.10 Å². The summed E-state index contributed by atoms with van der Waals surface area (Å²) in [5.41, 5.74) is 5.55. The van der Waals surface area contributed by atoms with Crippen LogP contribution in [0.5, 0.6) is 0 Å². The molecule has 0 aliphatic rings. The van der Waals surface area contributed by atoms with E-state index in [-0.39, 0.29) is 0 Å². The molecule has 68 valence electrons. The van der Waals surface area contributed by atoms with Gasteiger partial charge in [0.25, 0.3) is 0 Å². The molecule has 1 aromatic rings. The first-order chi connectivity index (χ1) is 6.24. The molecule has 0 radical (unpaired) electrons. The molecule has 4 heteroatoms. The number of hydrazone groups is 1. The summed E-state index contributed by atoms with van der Waals surface area (Å²) >= 11 is 0. The second kappa shape index (κ2) is 4.35. The molecule has 2 N–H and O–H groups in total. The van der Waals surface area contributed by atoms with Crippen LogP contribution in [-0.4, -0.2) is 17.4 Å². The van der Waals surface area contributed by atoms with Gasteiger partial charge in [0, 0.05) is 11.9 Å². The molecule has 0 saturated carbocycles. The van der Waals surface area contributed by atoms with Crippen molar-refractivity contribution < 1.29 is 0 Å². The number of pyridine rings is 1. The second-order valence-electron chi connectivity index (χ2n) is 2.64. The van der Waals surface area contributed by atoms with Crippen LogP contribution in [-0.2, 0) is 0 Å². The molecule has 0 unspecified atom stereocenters. The van der Waals surface area contributed by atoms with Crippen molar-refractivity contribution in [3.63, 3.8) is 0 Å². The topological polar surface area (TPSA) is 61.1 Å². The van der Waals surface area contributed by atoms with Crippen molar-refractivity contribution in [2.24, 2.45) is 5.10 Å². The Morgan fingerprint density at radius 1 is 1.46 bits per heavy atom. The van der Waals surface area contributed by atoms with Gasteiger partial charge in [-0.3, -0.25) is 10.4 Å². The van der Waals surface area contributed by atoms with Crippen LogP contribution in [0.4, 0.5) is 5.69 Å². The zero-order valence-electron chi connectivity index (χ0n) is 7.70. The van der Waals surface area contributed by atoms with E-state index in [4.69, 9.17) is 5.41 Å². The smallest absolute Gasteiger partial charge is 0.0774 e. The highest BCUT2D eigenvalue weighted by Gasteiger charge is 1.96. The Hall–Kier alpha value is -1.71. The number of nitrogens with one attached hydrogen (secondary N) is 2. The van der Waals surface area contributed by atoms with E-state index in [9.17, 15) is 0 Å². The van der Waals surface area contributed by atoms with Gasteiger partial charge in [0.2, 0.25) is 0 Å². The van der Waals surface area contributed by atoms with Crippen molar-refractivity contribution in [3.05, 3.63) is 23.5 Å². The first-order valence-electron chi connectivity index (χ1n) is 3.96. The quantitative estimate of drug-likeness (QED) is 0.544. The Balaban J connectivity index is 2.77. The fourth-order valence-electron chi connectivity index (χ4n) is 0.949. The first-order valence-corrected chi connectivity index (χ1v) is 3.96. The van der Waals surface area contributed by atoms with Crippen LogP contribution in [0.1, 0.15) is 11.4 Å². The summed E-state index contributed by atoms with van der Waals surface area (Å²) in [5.74, 6) is 0. The van der Waals surface area contributed by atoms with Crippen LogP contribution in [0.3, 0.4) is 0 Å². The van der Waals surface area contributed by atoms with Crippen molar-refractivity contribution in [1.29, 1.82) is 5.41 Å². The molecule has 0 saturated heterocycles. The molecule has 1 heterocycles. The predicted octanol–water partition coefficient (Wildman–Crippen LogP) is 1.75. The third kappa shape index (κ3) is 2.66. The van der Waals surface area contributed by atoms with Crippen LogP contribution in [0.15, 0.2) is 17.2 Å². The Labute approximate surface area is 77.2 Å². The standard InChI is InChI=1S/C9H12N4/c1-7-3-4-9(8(2)12-7)13-11-6-5-10/h3-6,10,13H,1-2H3/b10-5?,11-6-. The molecule has 0 fully saturated rings. The average Bonchev–Trinajstić information content (AvgIpc) is 2.09. The van der Waals surface area contributed by atoms with Crippen LogP contribution >= 0.6 is 0 Å². The Morgan fingerprint density at radius 2 is 2.23 bits per heavy atom. The third-order valence-electron chi connectivity index (χ3n) is 1.56. The monoisotopic (exact) mass is 176 g/mol. The summed E-state index contributed by atoms with van der Waals surface area (Å²) in [6, 6.07) is 3.83. The van der Waals surface area contributed by atoms with Crippen molar-refractivity contribution in [2.75, 3.05) is 5.43 Å². The lowest BCUT2D eigenvalue weighted by Gasteiger charge is -2.03. The summed E-state index contributed by atoms with van der Waals surface area (Å²) in [6.07, 6.45) is 2.49. The molecule has 0 amide bonds. The largest absolute Gasteiger partial charge is 0.307 e. The first kappa shape index (κ1) is 9.38. The van der Waals surface area contributed by atoms with Gasteiger partial charge in [-0.15, -0.1) is 0 Å². The van der Waals surface area contributed by atoms with Gasteiger partial charge in [0.15, 0.2) is 0 Å². The van der Waals surface area contributed by atoms with E-state index >= 15 is 0 Å². The summed E-state index contributed by atoms with van der Waals surface area (Å²) in [6.45, 7) is 3.85. The lowest BCUT2D eigenvalue weighted by Crippen LogP contribution is -1.95. The van der Waals surface area contributed by atoms with E-state index in [1.165, 1.54) is 6.21 Å².